The number of aromatic nitrogens is 2. The first kappa shape index (κ1) is 12.7. The quantitative estimate of drug-likeness (QED) is 0.790. The summed E-state index contributed by atoms with van der Waals surface area (Å²) in [5.41, 5.74) is 6.43. The van der Waals surface area contributed by atoms with Gasteiger partial charge in [0.15, 0.2) is 5.82 Å². The number of hydrogen-bond donors (Lipinski definition) is 2. The number of amides is 1. The van der Waals surface area contributed by atoms with Gasteiger partial charge < -0.3 is 11.1 Å². The van der Waals surface area contributed by atoms with Crippen molar-refractivity contribution in [2.24, 2.45) is 18.7 Å². The van der Waals surface area contributed by atoms with E-state index >= 15 is 0 Å². The molecule has 0 radical (unpaired) electrons. The first-order chi connectivity index (χ1) is 7.58. The molecule has 0 bridgehead atoms. The van der Waals surface area contributed by atoms with E-state index in [1.165, 1.54) is 0 Å². The molecule has 0 aromatic carbocycles. The predicted molar refractivity (Wildman–Crippen MR) is 63.8 cm³/mol. The van der Waals surface area contributed by atoms with E-state index in [9.17, 15) is 4.79 Å². The lowest BCUT2D eigenvalue weighted by molar-refractivity contribution is -0.119. The largest absolute Gasteiger partial charge is 0.326 e. The molecule has 5 heteroatoms. The molecule has 1 amide bonds. The molecule has 0 spiro atoms. The third-order valence-electron chi connectivity index (χ3n) is 2.54. The number of hydrogen-bond acceptors (Lipinski definition) is 3. The summed E-state index contributed by atoms with van der Waals surface area (Å²) in [5, 5.41) is 6.98. The SMILES string of the molecule is CCCC(C)C(=O)Nc1nn(C)cc1CN. The maximum atomic E-state index is 11.8. The van der Waals surface area contributed by atoms with Gasteiger partial charge in [-0.15, -0.1) is 0 Å². The van der Waals surface area contributed by atoms with Crippen LogP contribution >= 0.6 is 0 Å². The van der Waals surface area contributed by atoms with Crippen LogP contribution in [0.15, 0.2) is 6.20 Å². The van der Waals surface area contributed by atoms with Crippen molar-refractivity contribution in [1.29, 1.82) is 0 Å². The van der Waals surface area contributed by atoms with Gasteiger partial charge in [-0.3, -0.25) is 9.48 Å². The van der Waals surface area contributed by atoms with Gasteiger partial charge in [0.1, 0.15) is 0 Å². The van der Waals surface area contributed by atoms with Crippen molar-refractivity contribution >= 4 is 11.7 Å². The van der Waals surface area contributed by atoms with Crippen LogP contribution in [0.25, 0.3) is 0 Å². The maximum absolute atomic E-state index is 11.8. The summed E-state index contributed by atoms with van der Waals surface area (Å²) in [6.07, 6.45) is 3.71. The van der Waals surface area contributed by atoms with Crippen molar-refractivity contribution in [2.75, 3.05) is 5.32 Å². The highest BCUT2D eigenvalue weighted by atomic mass is 16.1. The lowest BCUT2D eigenvalue weighted by Crippen LogP contribution is -2.21. The fourth-order valence-corrected chi connectivity index (χ4v) is 1.60. The zero-order valence-electron chi connectivity index (χ0n) is 10.2. The van der Waals surface area contributed by atoms with Crippen molar-refractivity contribution in [3.05, 3.63) is 11.8 Å². The van der Waals surface area contributed by atoms with E-state index in [-0.39, 0.29) is 11.8 Å². The molecular weight excluding hydrogens is 204 g/mol. The molecule has 1 aromatic heterocycles. The number of nitrogens with two attached hydrogens (primary N) is 1. The van der Waals surface area contributed by atoms with E-state index in [4.69, 9.17) is 5.73 Å². The smallest absolute Gasteiger partial charge is 0.228 e. The van der Waals surface area contributed by atoms with E-state index in [0.717, 1.165) is 18.4 Å². The zero-order valence-corrected chi connectivity index (χ0v) is 10.2. The minimum Gasteiger partial charge on any atom is -0.326 e. The third kappa shape index (κ3) is 3.06. The lowest BCUT2D eigenvalue weighted by Gasteiger charge is -2.09. The van der Waals surface area contributed by atoms with Gasteiger partial charge in [-0.25, -0.2) is 0 Å². The van der Waals surface area contributed by atoms with Gasteiger partial charge >= 0.3 is 0 Å². The van der Waals surface area contributed by atoms with Crippen LogP contribution < -0.4 is 11.1 Å². The Hall–Kier alpha value is -1.36. The number of anilines is 1. The van der Waals surface area contributed by atoms with Crippen LogP contribution in [0.1, 0.15) is 32.3 Å². The summed E-state index contributed by atoms with van der Waals surface area (Å²) < 4.78 is 1.66. The molecule has 0 saturated carbocycles. The second-order valence-corrected chi connectivity index (χ2v) is 4.06. The Balaban J connectivity index is 2.68. The topological polar surface area (TPSA) is 72.9 Å². The van der Waals surface area contributed by atoms with Gasteiger partial charge in [0, 0.05) is 31.3 Å². The summed E-state index contributed by atoms with van der Waals surface area (Å²) in [5.74, 6) is 0.603. The van der Waals surface area contributed by atoms with Crippen molar-refractivity contribution in [3.63, 3.8) is 0 Å². The van der Waals surface area contributed by atoms with Gasteiger partial charge in [0.05, 0.1) is 0 Å². The summed E-state index contributed by atoms with van der Waals surface area (Å²) in [6, 6.07) is 0. The van der Waals surface area contributed by atoms with Crippen LogP contribution in [0.3, 0.4) is 0 Å². The molecule has 90 valence electrons. The third-order valence-corrected chi connectivity index (χ3v) is 2.54. The van der Waals surface area contributed by atoms with Crippen LogP contribution in [-0.2, 0) is 18.4 Å². The lowest BCUT2D eigenvalue weighted by atomic mass is 10.1. The number of carbonyl (C=O) groups excluding carboxylic acids is 1. The van der Waals surface area contributed by atoms with Gasteiger partial charge in [-0.2, -0.15) is 5.10 Å². The number of aryl methyl sites for hydroxylation is 1. The second kappa shape index (κ2) is 5.65. The number of nitrogens with one attached hydrogen (secondary N) is 1. The molecule has 1 rings (SSSR count). The Kier molecular flexibility index (Phi) is 4.49. The fraction of sp³-hybridized carbons (Fsp3) is 0.636. The standard InChI is InChI=1S/C11H20N4O/c1-4-5-8(2)11(16)13-10-9(6-12)7-15(3)14-10/h7-8H,4-6,12H2,1-3H3,(H,13,14,16). The fourth-order valence-electron chi connectivity index (χ4n) is 1.60. The Morgan fingerprint density at radius 3 is 2.94 bits per heavy atom. The molecule has 5 nitrogen and oxygen atoms in total. The first-order valence-electron chi connectivity index (χ1n) is 5.62. The molecule has 3 N–H and O–H groups in total. The van der Waals surface area contributed by atoms with Crippen molar-refractivity contribution in [2.45, 2.75) is 33.2 Å². The Morgan fingerprint density at radius 2 is 2.38 bits per heavy atom. The second-order valence-electron chi connectivity index (χ2n) is 4.06. The van der Waals surface area contributed by atoms with Crippen molar-refractivity contribution < 1.29 is 4.79 Å². The summed E-state index contributed by atoms with van der Waals surface area (Å²) in [7, 11) is 1.81. The molecule has 0 aliphatic carbocycles. The minimum atomic E-state index is 0.00949. The molecule has 0 aliphatic heterocycles. The maximum Gasteiger partial charge on any atom is 0.228 e. The summed E-state index contributed by atoms with van der Waals surface area (Å²) >= 11 is 0. The molecule has 16 heavy (non-hydrogen) atoms. The van der Waals surface area contributed by atoms with E-state index < -0.39 is 0 Å². The molecular formula is C11H20N4O. The molecule has 0 fully saturated rings. The predicted octanol–water partition coefficient (Wildman–Crippen LogP) is 1.25. The number of carbonyl (C=O) groups is 1. The highest BCUT2D eigenvalue weighted by Gasteiger charge is 2.15. The number of rotatable bonds is 5. The monoisotopic (exact) mass is 224 g/mol. The van der Waals surface area contributed by atoms with Gasteiger partial charge in [-0.05, 0) is 6.42 Å². The Morgan fingerprint density at radius 1 is 1.69 bits per heavy atom. The Bertz CT molecular complexity index is 359. The minimum absolute atomic E-state index is 0.00949. The average Bonchev–Trinajstić information content (AvgIpc) is 2.59. The molecule has 1 atom stereocenters. The molecule has 1 heterocycles. The van der Waals surface area contributed by atoms with Crippen molar-refractivity contribution in [3.8, 4) is 0 Å². The molecule has 0 aliphatic rings. The van der Waals surface area contributed by atoms with E-state index in [1.54, 1.807) is 4.68 Å². The molecule has 0 saturated heterocycles. The average molecular weight is 224 g/mol. The molecule has 1 aromatic rings. The highest BCUT2D eigenvalue weighted by molar-refractivity contribution is 5.91. The van der Waals surface area contributed by atoms with E-state index in [2.05, 4.69) is 17.3 Å². The van der Waals surface area contributed by atoms with Crippen LogP contribution in [0.2, 0.25) is 0 Å². The van der Waals surface area contributed by atoms with Gasteiger partial charge in [-0.1, -0.05) is 20.3 Å². The summed E-state index contributed by atoms with van der Waals surface area (Å²) in [6.45, 7) is 4.37. The van der Waals surface area contributed by atoms with E-state index in [1.807, 2.05) is 20.2 Å². The molecule has 1 unspecified atom stereocenters. The van der Waals surface area contributed by atoms with Crippen LogP contribution in [0.4, 0.5) is 5.82 Å². The van der Waals surface area contributed by atoms with Crippen LogP contribution in [0.5, 0.6) is 0 Å². The zero-order chi connectivity index (χ0) is 12.1. The highest BCUT2D eigenvalue weighted by Crippen LogP contribution is 2.14. The van der Waals surface area contributed by atoms with Crippen LogP contribution in [-0.4, -0.2) is 15.7 Å². The van der Waals surface area contributed by atoms with Crippen molar-refractivity contribution in [1.82, 2.24) is 9.78 Å². The van der Waals surface area contributed by atoms with Crippen LogP contribution in [0, 0.1) is 5.92 Å². The Labute approximate surface area is 96.0 Å². The van der Waals surface area contributed by atoms with Gasteiger partial charge in [0.25, 0.3) is 0 Å². The van der Waals surface area contributed by atoms with E-state index in [0.29, 0.717) is 12.4 Å². The van der Waals surface area contributed by atoms with Gasteiger partial charge in [0.2, 0.25) is 5.91 Å². The normalized spacial score (nSPS) is 12.5. The number of nitrogens with zero attached hydrogens (tertiary/aromatic N) is 2. The first-order valence-corrected chi connectivity index (χ1v) is 5.62. The summed E-state index contributed by atoms with van der Waals surface area (Å²) in [4.78, 5) is 11.8.